The van der Waals surface area contributed by atoms with Crippen molar-refractivity contribution in [2.45, 2.75) is 37.5 Å². The van der Waals surface area contributed by atoms with E-state index in [4.69, 9.17) is 11.6 Å². The van der Waals surface area contributed by atoms with E-state index in [0.717, 1.165) is 42.1 Å². The Bertz CT molecular complexity index is 1040. The van der Waals surface area contributed by atoms with E-state index >= 15 is 0 Å². The third kappa shape index (κ3) is 3.39. The van der Waals surface area contributed by atoms with Crippen molar-refractivity contribution in [3.63, 3.8) is 0 Å². The van der Waals surface area contributed by atoms with Crippen molar-refractivity contribution in [3.05, 3.63) is 88.1 Å². The van der Waals surface area contributed by atoms with Gasteiger partial charge in [-0.2, -0.15) is 5.26 Å². The van der Waals surface area contributed by atoms with Crippen LogP contribution >= 0.6 is 11.6 Å². The maximum absolute atomic E-state index is 12.7. The molecule has 1 spiro atoms. The van der Waals surface area contributed by atoms with Gasteiger partial charge in [-0.05, 0) is 48.8 Å². The monoisotopic (exact) mass is 402 g/mol. The number of hydrogen-bond acceptors (Lipinski definition) is 3. The van der Waals surface area contributed by atoms with Crippen LogP contribution in [0.2, 0.25) is 5.02 Å². The Balaban J connectivity index is 1.78. The van der Waals surface area contributed by atoms with Crippen molar-refractivity contribution in [1.82, 2.24) is 0 Å². The van der Waals surface area contributed by atoms with Gasteiger partial charge in [-0.25, -0.2) is 0 Å². The first-order valence-electron chi connectivity index (χ1n) is 10.0. The molecule has 2 aromatic rings. The third-order valence-corrected chi connectivity index (χ3v) is 6.44. The molecule has 0 amide bonds. The molecule has 1 saturated carbocycles. The van der Waals surface area contributed by atoms with Gasteiger partial charge in [-0.1, -0.05) is 61.2 Å². The number of halogens is 1. The van der Waals surface area contributed by atoms with Gasteiger partial charge >= 0.3 is 0 Å². The highest BCUT2D eigenvalue weighted by molar-refractivity contribution is 6.30. The van der Waals surface area contributed by atoms with Crippen LogP contribution in [0.1, 0.15) is 48.0 Å². The SMILES string of the molecule is CN1/C(=C/C=C(/C#N)C(=O)c2ccccc2)C2(CCCCC2)c2cc(Cl)ccc21. The van der Waals surface area contributed by atoms with Crippen LogP contribution in [0.3, 0.4) is 0 Å². The number of likely N-dealkylation sites (N-methyl/N-ethyl adjacent to an activating group) is 1. The molecule has 0 unspecified atom stereocenters. The molecule has 2 aromatic carbocycles. The van der Waals surface area contributed by atoms with E-state index in [9.17, 15) is 10.1 Å². The molecule has 146 valence electrons. The number of benzene rings is 2. The molecule has 0 aromatic heterocycles. The van der Waals surface area contributed by atoms with Crippen molar-refractivity contribution in [1.29, 1.82) is 5.26 Å². The topological polar surface area (TPSA) is 44.1 Å². The molecule has 3 nitrogen and oxygen atoms in total. The number of Topliss-reactive ketones (excluding diaryl/α,β-unsaturated/α-hetero) is 1. The Morgan fingerprint density at radius 2 is 1.86 bits per heavy atom. The number of fused-ring (bicyclic) bond motifs is 2. The van der Waals surface area contributed by atoms with Gasteiger partial charge in [0.2, 0.25) is 5.78 Å². The molecule has 0 atom stereocenters. The average Bonchev–Trinajstić information content (AvgIpc) is 2.97. The zero-order valence-corrected chi connectivity index (χ0v) is 17.2. The van der Waals surface area contributed by atoms with Crippen molar-refractivity contribution < 1.29 is 4.79 Å². The van der Waals surface area contributed by atoms with Crippen LogP contribution in [-0.4, -0.2) is 12.8 Å². The molecule has 2 aliphatic rings. The number of nitriles is 1. The quantitative estimate of drug-likeness (QED) is 0.348. The number of hydrogen-bond donors (Lipinski definition) is 0. The fourth-order valence-corrected chi connectivity index (χ4v) is 4.97. The summed E-state index contributed by atoms with van der Waals surface area (Å²) >= 11 is 6.34. The predicted molar refractivity (Wildman–Crippen MR) is 117 cm³/mol. The molecular formula is C25H23ClN2O. The molecule has 29 heavy (non-hydrogen) atoms. The minimum Gasteiger partial charge on any atom is -0.347 e. The number of allylic oxidation sites excluding steroid dienone is 4. The lowest BCUT2D eigenvalue weighted by molar-refractivity contribution is 0.103. The summed E-state index contributed by atoms with van der Waals surface area (Å²) in [5.74, 6) is -0.246. The molecule has 4 heteroatoms. The average molecular weight is 403 g/mol. The van der Waals surface area contributed by atoms with Gasteiger partial charge in [-0.3, -0.25) is 4.79 Å². The molecule has 4 rings (SSSR count). The van der Waals surface area contributed by atoms with Gasteiger partial charge in [0, 0.05) is 34.4 Å². The predicted octanol–water partition coefficient (Wildman–Crippen LogP) is 6.21. The van der Waals surface area contributed by atoms with Gasteiger partial charge < -0.3 is 4.90 Å². The van der Waals surface area contributed by atoms with Crippen molar-refractivity contribution >= 4 is 23.1 Å². The van der Waals surface area contributed by atoms with E-state index in [1.54, 1.807) is 18.2 Å². The van der Waals surface area contributed by atoms with E-state index in [2.05, 4.69) is 30.1 Å². The maximum atomic E-state index is 12.7. The van der Waals surface area contributed by atoms with Crippen LogP contribution in [0.4, 0.5) is 5.69 Å². The zero-order chi connectivity index (χ0) is 20.4. The largest absolute Gasteiger partial charge is 0.347 e. The molecule has 1 fully saturated rings. The van der Waals surface area contributed by atoms with Crippen LogP contribution in [0.25, 0.3) is 0 Å². The zero-order valence-electron chi connectivity index (χ0n) is 16.5. The van der Waals surface area contributed by atoms with Gasteiger partial charge in [0.15, 0.2) is 0 Å². The fourth-order valence-electron chi connectivity index (χ4n) is 4.80. The number of ketones is 1. The normalized spacial score (nSPS) is 19.3. The van der Waals surface area contributed by atoms with Gasteiger partial charge in [-0.15, -0.1) is 0 Å². The Kier molecular flexibility index (Phi) is 5.30. The minimum absolute atomic E-state index is 0.0971. The molecule has 1 aliphatic carbocycles. The Hall–Kier alpha value is -2.83. The van der Waals surface area contributed by atoms with Crippen molar-refractivity contribution in [2.24, 2.45) is 0 Å². The van der Waals surface area contributed by atoms with Crippen molar-refractivity contribution in [3.8, 4) is 6.07 Å². The Morgan fingerprint density at radius 3 is 2.55 bits per heavy atom. The number of rotatable bonds is 3. The highest BCUT2D eigenvalue weighted by Crippen LogP contribution is 2.55. The molecule has 0 radical (unpaired) electrons. The van der Waals surface area contributed by atoms with E-state index in [1.165, 1.54) is 12.0 Å². The maximum Gasteiger partial charge on any atom is 0.203 e. The van der Waals surface area contributed by atoms with E-state index < -0.39 is 0 Å². The Labute approximate surface area is 176 Å². The standard InChI is InChI=1S/C25H23ClN2O/c1-28-22-12-11-20(26)16-21(22)25(14-6-3-7-15-25)23(28)13-10-19(17-27)24(29)18-8-4-2-5-9-18/h2,4-5,8-13,16H,3,6-7,14-15H2,1H3/b19-10-,23-13+. The van der Waals surface area contributed by atoms with E-state index in [1.807, 2.05) is 30.3 Å². The first-order chi connectivity index (χ1) is 14.1. The fraction of sp³-hybridized carbons (Fsp3) is 0.280. The second kappa shape index (κ2) is 7.89. The lowest BCUT2D eigenvalue weighted by Gasteiger charge is -2.36. The van der Waals surface area contributed by atoms with Crippen molar-refractivity contribution in [2.75, 3.05) is 11.9 Å². The lowest BCUT2D eigenvalue weighted by atomic mass is 9.68. The third-order valence-electron chi connectivity index (χ3n) is 6.20. The number of carbonyl (C=O) groups is 1. The molecule has 0 N–H and O–H groups in total. The van der Waals surface area contributed by atoms with Gasteiger partial charge in [0.1, 0.15) is 6.07 Å². The second-order valence-corrected chi connectivity index (χ2v) is 8.24. The van der Waals surface area contributed by atoms with E-state index in [-0.39, 0.29) is 16.8 Å². The number of anilines is 1. The molecular weight excluding hydrogens is 380 g/mol. The summed E-state index contributed by atoms with van der Waals surface area (Å²) in [6.07, 6.45) is 9.32. The van der Waals surface area contributed by atoms with Crippen LogP contribution in [-0.2, 0) is 5.41 Å². The number of carbonyl (C=O) groups excluding carboxylic acids is 1. The van der Waals surface area contributed by atoms with Gasteiger partial charge in [0.05, 0.1) is 5.57 Å². The molecule has 0 bridgehead atoms. The molecule has 0 saturated heterocycles. The van der Waals surface area contributed by atoms with Gasteiger partial charge in [0.25, 0.3) is 0 Å². The summed E-state index contributed by atoms with van der Waals surface area (Å²) in [5, 5.41) is 10.4. The first kappa shape index (κ1) is 19.5. The highest BCUT2D eigenvalue weighted by Gasteiger charge is 2.46. The van der Waals surface area contributed by atoms with Crippen LogP contribution in [0.15, 0.2) is 72.0 Å². The summed E-state index contributed by atoms with van der Waals surface area (Å²) in [6.45, 7) is 0. The summed E-state index contributed by atoms with van der Waals surface area (Å²) < 4.78 is 0. The highest BCUT2D eigenvalue weighted by atomic mass is 35.5. The summed E-state index contributed by atoms with van der Waals surface area (Å²) in [7, 11) is 2.06. The Morgan fingerprint density at radius 1 is 1.14 bits per heavy atom. The minimum atomic E-state index is -0.246. The van der Waals surface area contributed by atoms with Crippen LogP contribution < -0.4 is 4.90 Å². The first-order valence-corrected chi connectivity index (χ1v) is 10.4. The second-order valence-electron chi connectivity index (χ2n) is 7.80. The van der Waals surface area contributed by atoms with Crippen LogP contribution in [0, 0.1) is 11.3 Å². The number of nitrogens with zero attached hydrogens (tertiary/aromatic N) is 2. The summed E-state index contributed by atoms with van der Waals surface area (Å²) in [4.78, 5) is 14.9. The smallest absolute Gasteiger partial charge is 0.203 e. The molecule has 1 heterocycles. The summed E-state index contributed by atoms with van der Waals surface area (Å²) in [5.41, 5.74) is 4.14. The summed E-state index contributed by atoms with van der Waals surface area (Å²) in [6, 6.07) is 17.1. The lowest BCUT2D eigenvalue weighted by Crippen LogP contribution is -2.31. The van der Waals surface area contributed by atoms with E-state index in [0.29, 0.717) is 5.56 Å². The molecule has 1 aliphatic heterocycles. The van der Waals surface area contributed by atoms with Crippen LogP contribution in [0.5, 0.6) is 0 Å².